The van der Waals surface area contributed by atoms with E-state index >= 15 is 0 Å². The van der Waals surface area contributed by atoms with Crippen molar-refractivity contribution >= 4 is 17.0 Å². The average Bonchev–Trinajstić information content (AvgIpc) is 2.89. The van der Waals surface area contributed by atoms with Crippen molar-refractivity contribution in [3.63, 3.8) is 0 Å². The minimum absolute atomic E-state index is 0.316. The van der Waals surface area contributed by atoms with Gasteiger partial charge in [-0.3, -0.25) is 0 Å². The Morgan fingerprint density at radius 1 is 1.39 bits per heavy atom. The fourth-order valence-electron chi connectivity index (χ4n) is 1.93. The number of aromatic nitrogens is 1. The molecule has 0 fully saturated rings. The fourth-order valence-corrected chi connectivity index (χ4v) is 2.60. The highest BCUT2D eigenvalue weighted by Crippen LogP contribution is 2.23. The Kier molecular flexibility index (Phi) is 4.33. The van der Waals surface area contributed by atoms with Gasteiger partial charge in [-0.15, -0.1) is 11.3 Å². The topological polar surface area (TPSA) is 28.2 Å². The van der Waals surface area contributed by atoms with Gasteiger partial charge in [-0.1, -0.05) is 12.1 Å². The van der Waals surface area contributed by atoms with Crippen LogP contribution in [-0.4, -0.2) is 26.1 Å². The van der Waals surface area contributed by atoms with Crippen LogP contribution in [0.3, 0.4) is 0 Å². The molecule has 2 aromatic rings. The molecule has 0 amide bonds. The molecule has 3 nitrogen and oxygen atoms in total. The van der Waals surface area contributed by atoms with E-state index in [0.717, 1.165) is 6.42 Å². The Morgan fingerprint density at radius 2 is 2.22 bits per heavy atom. The number of likely N-dealkylation sites (N-methyl/N-ethyl adjacent to an activating group) is 1. The van der Waals surface area contributed by atoms with Crippen molar-refractivity contribution in [1.29, 1.82) is 0 Å². The van der Waals surface area contributed by atoms with Gasteiger partial charge in [0.2, 0.25) is 0 Å². The number of thiazole rings is 1. The van der Waals surface area contributed by atoms with Gasteiger partial charge in [0.15, 0.2) is 0 Å². The van der Waals surface area contributed by atoms with E-state index in [1.165, 1.54) is 16.3 Å². The summed E-state index contributed by atoms with van der Waals surface area (Å²) in [6.45, 7) is 0. The fraction of sp³-hybridized carbons (Fsp3) is 0.357. The molecular weight excluding hydrogens is 242 g/mol. The van der Waals surface area contributed by atoms with Gasteiger partial charge in [-0.25, -0.2) is 4.98 Å². The first kappa shape index (κ1) is 13.1. The molecule has 1 aromatic carbocycles. The summed E-state index contributed by atoms with van der Waals surface area (Å²) < 4.78 is 0. The third-order valence-corrected chi connectivity index (χ3v) is 3.80. The molecule has 1 atom stereocenters. The van der Waals surface area contributed by atoms with Gasteiger partial charge in [0.05, 0.1) is 5.01 Å². The summed E-state index contributed by atoms with van der Waals surface area (Å²) in [4.78, 5) is 6.48. The number of hydrogen-bond acceptors (Lipinski definition) is 4. The second kappa shape index (κ2) is 5.98. The Labute approximate surface area is 112 Å². The van der Waals surface area contributed by atoms with E-state index in [0.29, 0.717) is 6.04 Å². The molecule has 1 N–H and O–H groups in total. The van der Waals surface area contributed by atoms with Gasteiger partial charge < -0.3 is 10.2 Å². The summed E-state index contributed by atoms with van der Waals surface area (Å²) in [6.07, 6.45) is 2.80. The van der Waals surface area contributed by atoms with Crippen molar-refractivity contribution in [2.24, 2.45) is 0 Å². The maximum atomic E-state index is 4.36. The number of hydrogen-bond donors (Lipinski definition) is 1. The van der Waals surface area contributed by atoms with Crippen LogP contribution >= 0.6 is 11.3 Å². The molecule has 0 aliphatic carbocycles. The number of nitrogens with one attached hydrogen (secondary N) is 1. The highest BCUT2D eigenvalue weighted by Gasteiger charge is 2.12. The van der Waals surface area contributed by atoms with Crippen LogP contribution in [0.2, 0.25) is 0 Å². The molecule has 0 saturated heterocycles. The van der Waals surface area contributed by atoms with E-state index in [9.17, 15) is 0 Å². The molecule has 2 rings (SSSR count). The minimum Gasteiger partial charge on any atom is -0.378 e. The molecular formula is C14H19N3S. The van der Waals surface area contributed by atoms with Crippen molar-refractivity contribution in [3.05, 3.63) is 46.4 Å². The third kappa shape index (κ3) is 3.09. The molecule has 0 aliphatic heterocycles. The second-order valence-electron chi connectivity index (χ2n) is 4.46. The standard InChI is InChI=1S/C14H19N3S/c1-15-13(10-14-16-7-8-18-14)11-5-4-6-12(9-11)17(2)3/h4-9,13,15H,10H2,1-3H3. The molecule has 1 heterocycles. The van der Waals surface area contributed by atoms with E-state index in [1.54, 1.807) is 11.3 Å². The smallest absolute Gasteiger partial charge is 0.0943 e. The molecule has 1 unspecified atom stereocenters. The molecule has 18 heavy (non-hydrogen) atoms. The van der Waals surface area contributed by atoms with E-state index in [-0.39, 0.29) is 0 Å². The summed E-state index contributed by atoms with van der Waals surface area (Å²) >= 11 is 1.71. The molecule has 1 aromatic heterocycles. The van der Waals surface area contributed by atoms with Crippen molar-refractivity contribution in [2.75, 3.05) is 26.0 Å². The van der Waals surface area contributed by atoms with E-state index in [1.807, 2.05) is 18.6 Å². The van der Waals surface area contributed by atoms with Crippen LogP contribution in [0.25, 0.3) is 0 Å². The molecule has 4 heteroatoms. The third-order valence-electron chi connectivity index (χ3n) is 3.00. The van der Waals surface area contributed by atoms with Crippen LogP contribution in [0, 0.1) is 0 Å². The first-order chi connectivity index (χ1) is 8.70. The Bertz CT molecular complexity index is 480. The van der Waals surface area contributed by atoms with Gasteiger partial charge in [-0.2, -0.15) is 0 Å². The maximum absolute atomic E-state index is 4.36. The van der Waals surface area contributed by atoms with Gasteiger partial charge in [0.1, 0.15) is 0 Å². The number of nitrogens with zero attached hydrogens (tertiary/aromatic N) is 2. The monoisotopic (exact) mass is 261 g/mol. The van der Waals surface area contributed by atoms with Gasteiger partial charge >= 0.3 is 0 Å². The Hall–Kier alpha value is -1.39. The predicted molar refractivity (Wildman–Crippen MR) is 78.4 cm³/mol. The second-order valence-corrected chi connectivity index (χ2v) is 5.44. The molecule has 0 bridgehead atoms. The minimum atomic E-state index is 0.316. The lowest BCUT2D eigenvalue weighted by atomic mass is 10.0. The van der Waals surface area contributed by atoms with Crippen LogP contribution in [0.1, 0.15) is 16.6 Å². The van der Waals surface area contributed by atoms with Gasteiger partial charge in [0, 0.05) is 43.8 Å². The predicted octanol–water partition coefficient (Wildman–Crippen LogP) is 2.71. The van der Waals surface area contributed by atoms with E-state index in [4.69, 9.17) is 0 Å². The van der Waals surface area contributed by atoms with Crippen LogP contribution in [0.5, 0.6) is 0 Å². The molecule has 0 saturated carbocycles. The summed E-state index contributed by atoms with van der Waals surface area (Å²) in [5.74, 6) is 0. The zero-order valence-electron chi connectivity index (χ0n) is 11.1. The Balaban J connectivity index is 2.19. The van der Waals surface area contributed by atoms with Crippen LogP contribution in [0.15, 0.2) is 35.8 Å². The average molecular weight is 261 g/mol. The van der Waals surface area contributed by atoms with Gasteiger partial charge in [0.25, 0.3) is 0 Å². The zero-order chi connectivity index (χ0) is 13.0. The summed E-state index contributed by atoms with van der Waals surface area (Å²) in [5.41, 5.74) is 2.53. The van der Waals surface area contributed by atoms with Crippen LogP contribution < -0.4 is 10.2 Å². The SMILES string of the molecule is CNC(Cc1nccs1)c1cccc(N(C)C)c1. The van der Waals surface area contributed by atoms with Crippen LogP contribution in [0.4, 0.5) is 5.69 Å². The lowest BCUT2D eigenvalue weighted by Gasteiger charge is -2.19. The normalized spacial score (nSPS) is 12.4. The van der Waals surface area contributed by atoms with Crippen molar-refractivity contribution in [2.45, 2.75) is 12.5 Å². The lowest BCUT2D eigenvalue weighted by molar-refractivity contribution is 0.590. The first-order valence-electron chi connectivity index (χ1n) is 6.03. The lowest BCUT2D eigenvalue weighted by Crippen LogP contribution is -2.19. The van der Waals surface area contributed by atoms with Gasteiger partial charge in [-0.05, 0) is 24.7 Å². The van der Waals surface area contributed by atoms with E-state index < -0.39 is 0 Å². The van der Waals surface area contributed by atoms with Crippen molar-refractivity contribution in [1.82, 2.24) is 10.3 Å². The number of anilines is 1. The molecule has 0 aliphatic rings. The molecule has 96 valence electrons. The number of benzene rings is 1. The number of rotatable bonds is 5. The molecule has 0 radical (unpaired) electrons. The van der Waals surface area contributed by atoms with Crippen molar-refractivity contribution < 1.29 is 0 Å². The molecule has 0 spiro atoms. The summed E-state index contributed by atoms with van der Waals surface area (Å²) in [6, 6.07) is 8.95. The zero-order valence-corrected chi connectivity index (χ0v) is 11.9. The summed E-state index contributed by atoms with van der Waals surface area (Å²) in [5, 5.41) is 6.57. The Morgan fingerprint density at radius 3 is 2.83 bits per heavy atom. The van der Waals surface area contributed by atoms with E-state index in [2.05, 4.69) is 53.6 Å². The van der Waals surface area contributed by atoms with Crippen molar-refractivity contribution in [3.8, 4) is 0 Å². The first-order valence-corrected chi connectivity index (χ1v) is 6.91. The highest BCUT2D eigenvalue weighted by atomic mass is 32.1. The highest BCUT2D eigenvalue weighted by molar-refractivity contribution is 7.09. The maximum Gasteiger partial charge on any atom is 0.0943 e. The quantitative estimate of drug-likeness (QED) is 0.897. The largest absolute Gasteiger partial charge is 0.378 e. The summed E-state index contributed by atoms with van der Waals surface area (Å²) in [7, 11) is 6.13. The van der Waals surface area contributed by atoms with Crippen LogP contribution in [-0.2, 0) is 6.42 Å².